The molecule has 0 radical (unpaired) electrons. The number of carboxylic acids is 2. The first-order chi connectivity index (χ1) is 14.8. The monoisotopic (exact) mass is 485 g/mol. The average molecular weight is 486 g/mol. The lowest BCUT2D eigenvalue weighted by atomic mass is 9.98. The number of nitrogens with two attached hydrogens (primary N) is 1. The molecule has 11 heteroatoms. The zero-order valence-electron chi connectivity index (χ0n) is 18.3. The number of carbonyl (C=O) groups is 2. The predicted octanol–water partition coefficient (Wildman–Crippen LogP) is 1.99. The summed E-state index contributed by atoms with van der Waals surface area (Å²) in [7, 11) is 3.00. The number of hydrogen-bond acceptors (Lipinski definition) is 9. The molecule has 0 heterocycles. The average Bonchev–Trinajstić information content (AvgIpc) is 2.73. The highest BCUT2D eigenvalue weighted by atomic mass is 33.1. The normalized spacial score (nSPS) is 15.4. The minimum Gasteiger partial charge on any atom is -0.481 e. The van der Waals surface area contributed by atoms with Gasteiger partial charge in [0.05, 0.1) is 31.3 Å². The molecule has 4 unspecified atom stereocenters. The van der Waals surface area contributed by atoms with Gasteiger partial charge < -0.3 is 35.6 Å². The van der Waals surface area contributed by atoms with Crippen molar-refractivity contribution in [2.24, 2.45) is 11.7 Å². The van der Waals surface area contributed by atoms with Crippen molar-refractivity contribution in [3.05, 3.63) is 0 Å². The summed E-state index contributed by atoms with van der Waals surface area (Å²) in [6.07, 6.45) is 2.76. The van der Waals surface area contributed by atoms with E-state index in [1.165, 1.54) is 21.6 Å². The van der Waals surface area contributed by atoms with E-state index in [-0.39, 0.29) is 6.61 Å². The first kappa shape index (κ1) is 30.4. The van der Waals surface area contributed by atoms with Crippen LogP contribution in [0, 0.1) is 5.92 Å². The van der Waals surface area contributed by atoms with E-state index in [2.05, 4.69) is 0 Å². The van der Waals surface area contributed by atoms with E-state index < -0.39 is 36.1 Å². The third-order valence-corrected chi connectivity index (χ3v) is 7.05. The van der Waals surface area contributed by atoms with Gasteiger partial charge in [0.2, 0.25) is 0 Å². The Morgan fingerprint density at radius 3 is 1.90 bits per heavy atom. The highest BCUT2D eigenvalue weighted by molar-refractivity contribution is 8.76. The van der Waals surface area contributed by atoms with E-state index in [0.717, 1.165) is 12.8 Å². The van der Waals surface area contributed by atoms with Gasteiger partial charge in [-0.3, -0.25) is 9.59 Å². The minimum atomic E-state index is -1.02. The van der Waals surface area contributed by atoms with Crippen molar-refractivity contribution in [3.63, 3.8) is 0 Å². The number of hydrogen-bond donors (Lipinski definition) is 5. The van der Waals surface area contributed by atoms with Gasteiger partial charge >= 0.3 is 11.9 Å². The summed E-state index contributed by atoms with van der Waals surface area (Å²) in [5.74, 6) is -1.19. The second-order valence-corrected chi connectivity index (χ2v) is 10.1. The quantitative estimate of drug-likeness (QED) is 0.113. The Kier molecular flexibility index (Phi) is 19.7. The Morgan fingerprint density at radius 1 is 0.839 bits per heavy atom. The summed E-state index contributed by atoms with van der Waals surface area (Å²) in [6, 6.07) is -0.864. The maximum Gasteiger partial charge on any atom is 0.320 e. The van der Waals surface area contributed by atoms with E-state index in [4.69, 9.17) is 20.3 Å². The standard InChI is InChI=1S/C20H39NO8S2/c1-2-16(22)13-28-9-3-4-10-29-14-17(23)6-5-15(19(24)25)7-11-30-31-12-8-18(21)20(26)27/h15-18,22-23H,2-14,21H2,1H3,(H,24,25)(H,26,27). The van der Waals surface area contributed by atoms with Crippen molar-refractivity contribution in [2.75, 3.05) is 37.9 Å². The van der Waals surface area contributed by atoms with Crippen LogP contribution in [0.1, 0.15) is 51.9 Å². The molecule has 0 aromatic carbocycles. The van der Waals surface area contributed by atoms with Crippen LogP contribution in [0.5, 0.6) is 0 Å². The Labute approximate surface area is 192 Å². The van der Waals surface area contributed by atoms with Crippen LogP contribution in [0.25, 0.3) is 0 Å². The van der Waals surface area contributed by atoms with E-state index >= 15 is 0 Å². The van der Waals surface area contributed by atoms with Gasteiger partial charge in [0.1, 0.15) is 6.04 Å². The molecule has 0 saturated heterocycles. The Hall–Kier alpha value is -0.560. The fourth-order valence-electron chi connectivity index (χ4n) is 2.44. The van der Waals surface area contributed by atoms with Crippen LogP contribution < -0.4 is 5.73 Å². The van der Waals surface area contributed by atoms with Crippen molar-refractivity contribution in [3.8, 4) is 0 Å². The Morgan fingerprint density at radius 2 is 1.39 bits per heavy atom. The van der Waals surface area contributed by atoms with Gasteiger partial charge in [0.25, 0.3) is 0 Å². The van der Waals surface area contributed by atoms with Gasteiger partial charge in [-0.05, 0) is 44.9 Å². The molecule has 0 rings (SSSR count). The van der Waals surface area contributed by atoms with E-state index in [9.17, 15) is 24.9 Å². The molecule has 9 nitrogen and oxygen atoms in total. The van der Waals surface area contributed by atoms with Crippen LogP contribution in [0.15, 0.2) is 0 Å². The fourth-order valence-corrected chi connectivity index (χ4v) is 4.69. The Balaban J connectivity index is 3.73. The molecule has 0 aromatic rings. The lowest BCUT2D eigenvalue weighted by molar-refractivity contribution is -0.142. The second-order valence-electron chi connectivity index (χ2n) is 7.35. The van der Waals surface area contributed by atoms with Crippen LogP contribution in [0.2, 0.25) is 0 Å². The number of carboxylic acid groups (broad SMARTS) is 2. The SMILES string of the molecule is CCC(O)COCCCCOCC(O)CCC(CCSSCCC(N)C(=O)O)C(=O)O. The molecule has 0 aromatic heterocycles. The van der Waals surface area contributed by atoms with Gasteiger partial charge in [-0.1, -0.05) is 28.5 Å². The van der Waals surface area contributed by atoms with Gasteiger partial charge in [-0.25, -0.2) is 0 Å². The summed E-state index contributed by atoms with van der Waals surface area (Å²) in [4.78, 5) is 22.0. The summed E-state index contributed by atoms with van der Waals surface area (Å²) in [5, 5.41) is 37.4. The molecule has 184 valence electrons. The summed E-state index contributed by atoms with van der Waals surface area (Å²) < 4.78 is 10.8. The second kappa shape index (κ2) is 20.1. The summed E-state index contributed by atoms with van der Waals surface area (Å²) in [5.41, 5.74) is 5.42. The summed E-state index contributed by atoms with van der Waals surface area (Å²) >= 11 is 0. The summed E-state index contributed by atoms with van der Waals surface area (Å²) in [6.45, 7) is 3.48. The molecular formula is C20H39NO8S2. The van der Waals surface area contributed by atoms with E-state index in [0.29, 0.717) is 63.4 Å². The molecule has 0 saturated carbocycles. The zero-order chi connectivity index (χ0) is 23.5. The minimum absolute atomic E-state index is 0.177. The molecule has 0 bridgehead atoms. The number of aliphatic carboxylic acids is 2. The zero-order valence-corrected chi connectivity index (χ0v) is 20.0. The highest BCUT2D eigenvalue weighted by Gasteiger charge is 2.19. The number of unbranched alkanes of at least 4 members (excludes halogenated alkanes) is 1. The number of aliphatic hydroxyl groups excluding tert-OH is 2. The number of ether oxygens (including phenoxy) is 2. The van der Waals surface area contributed by atoms with Crippen molar-refractivity contribution >= 4 is 33.5 Å². The van der Waals surface area contributed by atoms with Crippen molar-refractivity contribution < 1.29 is 39.5 Å². The Bertz CT molecular complexity index is 472. The van der Waals surface area contributed by atoms with Crippen molar-refractivity contribution in [1.82, 2.24) is 0 Å². The molecule has 0 aliphatic carbocycles. The molecule has 0 spiro atoms. The predicted molar refractivity (Wildman–Crippen MR) is 123 cm³/mol. The topological polar surface area (TPSA) is 160 Å². The van der Waals surface area contributed by atoms with Crippen LogP contribution >= 0.6 is 21.6 Å². The largest absolute Gasteiger partial charge is 0.481 e. The van der Waals surface area contributed by atoms with Gasteiger partial charge in [0, 0.05) is 24.7 Å². The van der Waals surface area contributed by atoms with Gasteiger partial charge in [-0.2, -0.15) is 0 Å². The maximum atomic E-state index is 11.4. The smallest absolute Gasteiger partial charge is 0.320 e. The fraction of sp³-hybridized carbons (Fsp3) is 0.900. The third-order valence-electron chi connectivity index (χ3n) is 4.58. The van der Waals surface area contributed by atoms with Crippen LogP contribution in [-0.4, -0.2) is 88.5 Å². The van der Waals surface area contributed by atoms with Crippen LogP contribution in [-0.2, 0) is 19.1 Å². The highest BCUT2D eigenvalue weighted by Crippen LogP contribution is 2.26. The molecule has 0 fully saturated rings. The molecule has 0 aliphatic rings. The van der Waals surface area contributed by atoms with E-state index in [1.54, 1.807) is 0 Å². The molecule has 6 N–H and O–H groups in total. The van der Waals surface area contributed by atoms with Gasteiger partial charge in [-0.15, -0.1) is 0 Å². The van der Waals surface area contributed by atoms with Crippen LogP contribution in [0.4, 0.5) is 0 Å². The molecule has 4 atom stereocenters. The number of rotatable bonds is 22. The van der Waals surface area contributed by atoms with Gasteiger partial charge in [0.15, 0.2) is 0 Å². The molecule has 31 heavy (non-hydrogen) atoms. The molecule has 0 amide bonds. The van der Waals surface area contributed by atoms with Crippen LogP contribution in [0.3, 0.4) is 0 Å². The maximum absolute atomic E-state index is 11.4. The van der Waals surface area contributed by atoms with Crippen molar-refractivity contribution in [1.29, 1.82) is 0 Å². The molecular weight excluding hydrogens is 446 g/mol. The lowest BCUT2D eigenvalue weighted by Gasteiger charge is -2.15. The number of aliphatic hydroxyl groups is 2. The van der Waals surface area contributed by atoms with E-state index in [1.807, 2.05) is 6.92 Å². The first-order valence-corrected chi connectivity index (χ1v) is 13.2. The third kappa shape index (κ3) is 18.7. The lowest BCUT2D eigenvalue weighted by Crippen LogP contribution is -2.30. The van der Waals surface area contributed by atoms with Crippen molar-refractivity contribution in [2.45, 2.75) is 70.1 Å². The first-order valence-electron chi connectivity index (χ1n) is 10.7. The molecule has 0 aliphatic heterocycles.